The number of rotatable bonds is 68. The SMILES string of the molecule is CCCCCCCCCCCCCCCCCCC/C=C/C(O)C(CO)NC(=O)CCCCCCCCCCCCCCCCCCCCCCCCCCCCCCOC(=O)CCCCCCCCCCCCCCCC. The van der Waals surface area contributed by atoms with Gasteiger partial charge in [-0.2, -0.15) is 0 Å². The molecule has 0 aliphatic rings. The number of ether oxygens (including phenoxy) is 1. The van der Waals surface area contributed by atoms with E-state index in [1.54, 1.807) is 6.08 Å². The van der Waals surface area contributed by atoms with Gasteiger partial charge in [-0.3, -0.25) is 9.59 Å². The molecule has 0 aliphatic carbocycles. The second kappa shape index (κ2) is 68.1. The van der Waals surface area contributed by atoms with E-state index in [0.717, 1.165) is 38.5 Å². The highest BCUT2D eigenvalue weighted by atomic mass is 16.5. The summed E-state index contributed by atoms with van der Waals surface area (Å²) in [5, 5.41) is 23.2. The average molecular weight is 1100 g/mol. The molecule has 2 atom stereocenters. The Hall–Kier alpha value is -1.40. The van der Waals surface area contributed by atoms with Gasteiger partial charge in [0.1, 0.15) is 0 Å². The standard InChI is InChI=1S/C72H141NO5/c1-3-5-7-9-11-13-15-17-19-20-31-34-37-40-44-48-52-56-60-64-70(75)69(68-74)73-71(76)65-61-57-53-49-45-41-38-35-32-29-27-25-23-21-22-24-26-28-30-33-36-39-43-47-51-55-59-63-67-78-72(77)66-62-58-54-50-46-42-18-16-14-12-10-8-6-4-2/h60,64,69-70,74-75H,3-59,61-63,65-68H2,1-2H3,(H,73,76)/b64-60+. The van der Waals surface area contributed by atoms with E-state index in [-0.39, 0.29) is 18.5 Å². The summed E-state index contributed by atoms with van der Waals surface area (Å²) in [4.78, 5) is 24.6. The van der Waals surface area contributed by atoms with Crippen LogP contribution in [0.25, 0.3) is 0 Å². The molecule has 0 aliphatic heterocycles. The Kier molecular flexibility index (Phi) is 66.9. The maximum Gasteiger partial charge on any atom is 0.305 e. The maximum atomic E-state index is 12.5. The number of esters is 1. The number of unbranched alkanes of at least 4 members (excludes halogenated alkanes) is 57. The van der Waals surface area contributed by atoms with Crippen LogP contribution in [0.5, 0.6) is 0 Å². The Morgan fingerprint density at radius 2 is 0.590 bits per heavy atom. The summed E-state index contributed by atoms with van der Waals surface area (Å²) in [6.07, 6.45) is 84.4. The van der Waals surface area contributed by atoms with Gasteiger partial charge in [-0.25, -0.2) is 0 Å². The molecular formula is C72H141NO5. The Labute approximate surface area is 489 Å². The fraction of sp³-hybridized carbons (Fsp3) is 0.944. The minimum absolute atomic E-state index is 0.0217. The second-order valence-corrected chi connectivity index (χ2v) is 24.9. The molecule has 3 N–H and O–H groups in total. The van der Waals surface area contributed by atoms with Crippen molar-refractivity contribution in [2.75, 3.05) is 13.2 Å². The van der Waals surface area contributed by atoms with Crippen molar-refractivity contribution in [3.05, 3.63) is 12.2 Å². The van der Waals surface area contributed by atoms with Crippen molar-refractivity contribution in [1.82, 2.24) is 5.32 Å². The van der Waals surface area contributed by atoms with Crippen molar-refractivity contribution < 1.29 is 24.5 Å². The molecule has 0 heterocycles. The van der Waals surface area contributed by atoms with Gasteiger partial charge in [0.15, 0.2) is 0 Å². The highest BCUT2D eigenvalue weighted by Gasteiger charge is 2.18. The Morgan fingerprint density at radius 3 is 0.872 bits per heavy atom. The van der Waals surface area contributed by atoms with E-state index in [9.17, 15) is 19.8 Å². The Morgan fingerprint density at radius 1 is 0.346 bits per heavy atom. The third-order valence-corrected chi connectivity index (χ3v) is 17.1. The van der Waals surface area contributed by atoms with Crippen LogP contribution >= 0.6 is 0 Å². The van der Waals surface area contributed by atoms with Gasteiger partial charge in [0, 0.05) is 12.8 Å². The van der Waals surface area contributed by atoms with Gasteiger partial charge >= 0.3 is 5.97 Å². The van der Waals surface area contributed by atoms with Crippen LogP contribution in [0.4, 0.5) is 0 Å². The second-order valence-electron chi connectivity index (χ2n) is 24.9. The van der Waals surface area contributed by atoms with E-state index in [1.807, 2.05) is 6.08 Å². The van der Waals surface area contributed by atoms with Crippen molar-refractivity contribution in [2.24, 2.45) is 0 Å². The Balaban J connectivity index is 3.35. The number of nitrogens with one attached hydrogen (secondary N) is 1. The molecule has 78 heavy (non-hydrogen) atoms. The zero-order valence-corrected chi connectivity index (χ0v) is 53.2. The number of carbonyl (C=O) groups is 2. The molecule has 0 aromatic heterocycles. The van der Waals surface area contributed by atoms with Crippen LogP contribution in [0.15, 0.2) is 12.2 Å². The predicted molar refractivity (Wildman–Crippen MR) is 343 cm³/mol. The third kappa shape index (κ3) is 63.8. The number of aliphatic hydroxyl groups is 2. The summed E-state index contributed by atoms with van der Waals surface area (Å²) in [5.41, 5.74) is 0. The molecule has 2 unspecified atom stereocenters. The number of aliphatic hydroxyl groups excluding tert-OH is 2. The number of amides is 1. The highest BCUT2D eigenvalue weighted by molar-refractivity contribution is 5.76. The minimum Gasteiger partial charge on any atom is -0.466 e. The monoisotopic (exact) mass is 1100 g/mol. The molecule has 0 spiro atoms. The van der Waals surface area contributed by atoms with E-state index in [1.165, 1.54) is 347 Å². The molecule has 0 fully saturated rings. The topological polar surface area (TPSA) is 95.9 Å². The number of hydrogen-bond donors (Lipinski definition) is 3. The number of allylic oxidation sites excluding steroid dienone is 1. The van der Waals surface area contributed by atoms with Gasteiger partial charge in [-0.15, -0.1) is 0 Å². The molecule has 0 radical (unpaired) electrons. The zero-order chi connectivity index (χ0) is 56.4. The third-order valence-electron chi connectivity index (χ3n) is 17.1. The molecule has 6 nitrogen and oxygen atoms in total. The predicted octanol–water partition coefficient (Wildman–Crippen LogP) is 23.1. The first kappa shape index (κ1) is 76.6. The maximum absolute atomic E-state index is 12.5. The van der Waals surface area contributed by atoms with Crippen molar-refractivity contribution in [2.45, 2.75) is 424 Å². The molecule has 0 saturated carbocycles. The summed E-state index contributed by atoms with van der Waals surface area (Å²) in [6.45, 7) is 4.95. The van der Waals surface area contributed by atoms with Crippen LogP contribution in [0.2, 0.25) is 0 Å². The van der Waals surface area contributed by atoms with Crippen LogP contribution in [-0.4, -0.2) is 47.4 Å². The first-order chi connectivity index (χ1) is 38.5. The number of hydrogen-bond acceptors (Lipinski definition) is 5. The van der Waals surface area contributed by atoms with E-state index in [0.29, 0.717) is 19.4 Å². The lowest BCUT2D eigenvalue weighted by Crippen LogP contribution is -2.45. The minimum atomic E-state index is -0.842. The van der Waals surface area contributed by atoms with Crippen LogP contribution in [-0.2, 0) is 14.3 Å². The zero-order valence-electron chi connectivity index (χ0n) is 53.2. The van der Waals surface area contributed by atoms with Gasteiger partial charge in [0.2, 0.25) is 5.91 Å². The average Bonchev–Trinajstić information content (AvgIpc) is 3.44. The van der Waals surface area contributed by atoms with Gasteiger partial charge in [-0.1, -0.05) is 379 Å². The van der Waals surface area contributed by atoms with Gasteiger partial charge in [0.25, 0.3) is 0 Å². The molecule has 0 aromatic rings. The largest absolute Gasteiger partial charge is 0.466 e. The Bertz CT molecular complexity index is 1180. The number of carbonyl (C=O) groups excluding carboxylic acids is 2. The molecule has 6 heteroatoms. The highest BCUT2D eigenvalue weighted by Crippen LogP contribution is 2.19. The molecular weight excluding hydrogens is 959 g/mol. The molecule has 0 aromatic carbocycles. The van der Waals surface area contributed by atoms with Crippen molar-refractivity contribution in [3.8, 4) is 0 Å². The van der Waals surface area contributed by atoms with Gasteiger partial charge in [0.05, 0.1) is 25.4 Å². The molecule has 464 valence electrons. The van der Waals surface area contributed by atoms with Crippen LogP contribution in [0.1, 0.15) is 412 Å². The van der Waals surface area contributed by atoms with E-state index in [2.05, 4.69) is 19.2 Å². The van der Waals surface area contributed by atoms with Gasteiger partial charge in [-0.05, 0) is 32.1 Å². The van der Waals surface area contributed by atoms with Crippen LogP contribution in [0.3, 0.4) is 0 Å². The normalized spacial score (nSPS) is 12.5. The quantitative estimate of drug-likeness (QED) is 0.0320. The summed E-state index contributed by atoms with van der Waals surface area (Å²) in [7, 11) is 0. The lowest BCUT2D eigenvalue weighted by molar-refractivity contribution is -0.143. The summed E-state index contributed by atoms with van der Waals surface area (Å²) in [5.74, 6) is -0.0388. The molecule has 0 rings (SSSR count). The van der Waals surface area contributed by atoms with E-state index < -0.39 is 12.1 Å². The lowest BCUT2D eigenvalue weighted by Gasteiger charge is -2.20. The van der Waals surface area contributed by atoms with Crippen molar-refractivity contribution in [1.29, 1.82) is 0 Å². The first-order valence-corrected chi connectivity index (χ1v) is 36.0. The lowest BCUT2D eigenvalue weighted by atomic mass is 10.0. The van der Waals surface area contributed by atoms with Crippen molar-refractivity contribution in [3.63, 3.8) is 0 Å². The van der Waals surface area contributed by atoms with Gasteiger partial charge < -0.3 is 20.3 Å². The molecule has 0 saturated heterocycles. The van der Waals surface area contributed by atoms with Crippen LogP contribution in [0, 0.1) is 0 Å². The van der Waals surface area contributed by atoms with E-state index in [4.69, 9.17) is 4.74 Å². The molecule has 0 bridgehead atoms. The first-order valence-electron chi connectivity index (χ1n) is 36.0. The summed E-state index contributed by atoms with van der Waals surface area (Å²) < 4.78 is 5.50. The van der Waals surface area contributed by atoms with Crippen LogP contribution < -0.4 is 5.32 Å². The fourth-order valence-electron chi connectivity index (χ4n) is 11.6. The summed E-state index contributed by atoms with van der Waals surface area (Å²) >= 11 is 0. The van der Waals surface area contributed by atoms with E-state index >= 15 is 0 Å². The smallest absolute Gasteiger partial charge is 0.305 e. The fourth-order valence-corrected chi connectivity index (χ4v) is 11.6. The van der Waals surface area contributed by atoms with Crippen molar-refractivity contribution >= 4 is 11.9 Å². The molecule has 1 amide bonds. The summed E-state index contributed by atoms with van der Waals surface area (Å²) in [6, 6.07) is -0.625.